The van der Waals surface area contributed by atoms with Gasteiger partial charge in [0.25, 0.3) is 0 Å². The number of carboxylic acids is 1. The van der Waals surface area contributed by atoms with E-state index < -0.39 is 5.97 Å². The third-order valence-corrected chi connectivity index (χ3v) is 3.33. The Hall–Kier alpha value is -1.18. The van der Waals surface area contributed by atoms with Crippen LogP contribution in [0.4, 0.5) is 0 Å². The van der Waals surface area contributed by atoms with Crippen molar-refractivity contribution in [3.63, 3.8) is 0 Å². The number of carbonyl (C=O) groups is 2. The Bertz CT molecular complexity index is 302. The van der Waals surface area contributed by atoms with Crippen LogP contribution in [0.3, 0.4) is 0 Å². The first kappa shape index (κ1) is 15.9. The monoisotopic (exact) mass is 274 g/mol. The van der Waals surface area contributed by atoms with Crippen molar-refractivity contribution in [2.24, 2.45) is 5.92 Å². The average molecular weight is 274 g/mol. The SMILES string of the molecule is COCC(CO)NCC(=O)N1CCC(C(=O)O)CC1. The van der Waals surface area contributed by atoms with Crippen molar-refractivity contribution in [3.05, 3.63) is 0 Å². The number of piperidine rings is 1. The fourth-order valence-corrected chi connectivity index (χ4v) is 2.10. The molecule has 1 amide bonds. The van der Waals surface area contributed by atoms with Crippen LogP contribution in [0.15, 0.2) is 0 Å². The van der Waals surface area contributed by atoms with Crippen LogP contribution >= 0.6 is 0 Å². The highest BCUT2D eigenvalue weighted by molar-refractivity contribution is 5.79. The lowest BCUT2D eigenvalue weighted by atomic mass is 9.97. The van der Waals surface area contributed by atoms with Gasteiger partial charge < -0.3 is 25.2 Å². The zero-order chi connectivity index (χ0) is 14.3. The Morgan fingerprint density at radius 1 is 1.42 bits per heavy atom. The molecule has 0 saturated carbocycles. The van der Waals surface area contributed by atoms with E-state index in [0.29, 0.717) is 32.5 Å². The maximum absolute atomic E-state index is 11.9. The van der Waals surface area contributed by atoms with Crippen molar-refractivity contribution < 1.29 is 24.5 Å². The van der Waals surface area contributed by atoms with Crippen LogP contribution in [-0.2, 0) is 14.3 Å². The van der Waals surface area contributed by atoms with E-state index in [-0.39, 0.29) is 31.0 Å². The summed E-state index contributed by atoms with van der Waals surface area (Å²) in [6, 6.07) is -0.259. The van der Waals surface area contributed by atoms with Gasteiger partial charge in [-0.2, -0.15) is 0 Å². The molecule has 1 heterocycles. The quantitative estimate of drug-likeness (QED) is 0.545. The van der Waals surface area contributed by atoms with Gasteiger partial charge in [-0.3, -0.25) is 9.59 Å². The third-order valence-electron chi connectivity index (χ3n) is 3.33. The van der Waals surface area contributed by atoms with Crippen molar-refractivity contribution in [2.45, 2.75) is 18.9 Å². The number of methoxy groups -OCH3 is 1. The van der Waals surface area contributed by atoms with Gasteiger partial charge in [0.15, 0.2) is 0 Å². The normalized spacial score (nSPS) is 18.3. The summed E-state index contributed by atoms with van der Waals surface area (Å²) in [6.45, 7) is 1.33. The highest BCUT2D eigenvalue weighted by atomic mass is 16.5. The fraction of sp³-hybridized carbons (Fsp3) is 0.833. The fourth-order valence-electron chi connectivity index (χ4n) is 2.10. The lowest BCUT2D eigenvalue weighted by Gasteiger charge is -2.30. The molecular weight excluding hydrogens is 252 g/mol. The van der Waals surface area contributed by atoms with E-state index in [4.69, 9.17) is 14.9 Å². The van der Waals surface area contributed by atoms with Crippen LogP contribution in [-0.4, -0.2) is 73.0 Å². The summed E-state index contributed by atoms with van der Waals surface area (Å²) in [5, 5.41) is 20.8. The predicted molar refractivity (Wildman–Crippen MR) is 67.7 cm³/mol. The molecule has 0 aromatic carbocycles. The predicted octanol–water partition coefficient (Wildman–Crippen LogP) is -1.09. The molecule has 1 atom stereocenters. The Balaban J connectivity index is 2.29. The van der Waals surface area contributed by atoms with Crippen LogP contribution in [0, 0.1) is 5.92 Å². The molecule has 0 aliphatic carbocycles. The first-order valence-electron chi connectivity index (χ1n) is 6.42. The molecule has 0 spiro atoms. The molecule has 3 N–H and O–H groups in total. The van der Waals surface area contributed by atoms with E-state index in [2.05, 4.69) is 5.32 Å². The van der Waals surface area contributed by atoms with Gasteiger partial charge in [-0.15, -0.1) is 0 Å². The van der Waals surface area contributed by atoms with E-state index in [9.17, 15) is 9.59 Å². The van der Waals surface area contributed by atoms with Gasteiger partial charge in [0, 0.05) is 20.2 Å². The topological polar surface area (TPSA) is 99.1 Å². The third kappa shape index (κ3) is 5.14. The van der Waals surface area contributed by atoms with E-state index in [1.807, 2.05) is 0 Å². The average Bonchev–Trinajstić information content (AvgIpc) is 2.43. The van der Waals surface area contributed by atoms with Gasteiger partial charge in [-0.25, -0.2) is 0 Å². The summed E-state index contributed by atoms with van der Waals surface area (Å²) >= 11 is 0. The summed E-state index contributed by atoms with van der Waals surface area (Å²) < 4.78 is 4.90. The molecule has 7 heteroatoms. The molecule has 1 rings (SSSR count). The summed E-state index contributed by atoms with van der Waals surface area (Å²) in [7, 11) is 1.53. The first-order valence-corrected chi connectivity index (χ1v) is 6.42. The number of nitrogens with one attached hydrogen (secondary N) is 1. The molecule has 0 aromatic rings. The molecular formula is C12H22N2O5. The van der Waals surface area contributed by atoms with Crippen LogP contribution in [0.25, 0.3) is 0 Å². The van der Waals surface area contributed by atoms with E-state index in [1.165, 1.54) is 7.11 Å². The summed E-state index contributed by atoms with van der Waals surface area (Å²) in [5.74, 6) is -1.19. The summed E-state index contributed by atoms with van der Waals surface area (Å²) in [5.41, 5.74) is 0. The first-order chi connectivity index (χ1) is 9.08. The smallest absolute Gasteiger partial charge is 0.306 e. The molecule has 0 bridgehead atoms. The van der Waals surface area contributed by atoms with Gasteiger partial charge >= 0.3 is 5.97 Å². The molecule has 1 unspecified atom stereocenters. The molecule has 1 saturated heterocycles. The summed E-state index contributed by atoms with van der Waals surface area (Å²) in [4.78, 5) is 24.4. The van der Waals surface area contributed by atoms with Gasteiger partial charge in [0.05, 0.1) is 31.7 Å². The van der Waals surface area contributed by atoms with Crippen molar-refractivity contribution in [2.75, 3.05) is 40.0 Å². The minimum Gasteiger partial charge on any atom is -0.481 e. The molecule has 1 fully saturated rings. The van der Waals surface area contributed by atoms with Crippen molar-refractivity contribution >= 4 is 11.9 Å². The molecule has 1 aliphatic rings. The van der Waals surface area contributed by atoms with Crippen LogP contribution in [0.2, 0.25) is 0 Å². The number of aliphatic hydroxyl groups excluding tert-OH is 1. The Morgan fingerprint density at radius 2 is 2.05 bits per heavy atom. The van der Waals surface area contributed by atoms with E-state index >= 15 is 0 Å². The number of likely N-dealkylation sites (tertiary alicyclic amines) is 1. The number of aliphatic hydroxyl groups is 1. The largest absolute Gasteiger partial charge is 0.481 e. The Morgan fingerprint density at radius 3 is 2.53 bits per heavy atom. The van der Waals surface area contributed by atoms with Crippen molar-refractivity contribution in [1.29, 1.82) is 0 Å². The lowest BCUT2D eigenvalue weighted by molar-refractivity contribution is -0.145. The summed E-state index contributed by atoms with van der Waals surface area (Å²) in [6.07, 6.45) is 1.01. The molecule has 7 nitrogen and oxygen atoms in total. The minimum absolute atomic E-state index is 0.0709. The van der Waals surface area contributed by atoms with E-state index in [0.717, 1.165) is 0 Å². The molecule has 0 aromatic heterocycles. The standard InChI is InChI=1S/C12H22N2O5/c1-19-8-10(7-15)13-6-11(16)14-4-2-9(3-5-14)12(17)18/h9-10,13,15H,2-8H2,1H3,(H,17,18). The maximum atomic E-state index is 11.9. The number of hydrogen-bond donors (Lipinski definition) is 3. The van der Waals surface area contributed by atoms with Crippen molar-refractivity contribution in [1.82, 2.24) is 10.2 Å². The van der Waals surface area contributed by atoms with Gasteiger partial charge in [0.2, 0.25) is 5.91 Å². The number of aliphatic carboxylic acids is 1. The Kier molecular flexibility index (Phi) is 6.75. The molecule has 110 valence electrons. The van der Waals surface area contributed by atoms with Gasteiger partial charge in [0.1, 0.15) is 0 Å². The minimum atomic E-state index is -0.786. The van der Waals surface area contributed by atoms with E-state index in [1.54, 1.807) is 4.90 Å². The van der Waals surface area contributed by atoms with Crippen LogP contribution in [0.1, 0.15) is 12.8 Å². The molecule has 19 heavy (non-hydrogen) atoms. The second kappa shape index (κ2) is 8.08. The lowest BCUT2D eigenvalue weighted by Crippen LogP contribution is -2.47. The number of nitrogens with zero attached hydrogens (tertiary/aromatic N) is 1. The number of hydrogen-bond acceptors (Lipinski definition) is 5. The van der Waals surface area contributed by atoms with Crippen molar-refractivity contribution in [3.8, 4) is 0 Å². The number of carboxylic acid groups (broad SMARTS) is 1. The highest BCUT2D eigenvalue weighted by Gasteiger charge is 2.26. The zero-order valence-corrected chi connectivity index (χ0v) is 11.2. The van der Waals surface area contributed by atoms with Crippen LogP contribution < -0.4 is 5.32 Å². The number of ether oxygens (including phenoxy) is 1. The number of rotatable bonds is 7. The number of amides is 1. The van der Waals surface area contributed by atoms with Crippen LogP contribution in [0.5, 0.6) is 0 Å². The number of carbonyl (C=O) groups excluding carboxylic acids is 1. The zero-order valence-electron chi connectivity index (χ0n) is 11.2. The van der Waals surface area contributed by atoms with Gasteiger partial charge in [-0.05, 0) is 12.8 Å². The Labute approximate surface area is 112 Å². The highest BCUT2D eigenvalue weighted by Crippen LogP contribution is 2.17. The second-order valence-electron chi connectivity index (χ2n) is 4.71. The molecule has 0 radical (unpaired) electrons. The van der Waals surface area contributed by atoms with Gasteiger partial charge in [-0.1, -0.05) is 0 Å². The maximum Gasteiger partial charge on any atom is 0.306 e. The second-order valence-corrected chi connectivity index (χ2v) is 4.71. The molecule has 1 aliphatic heterocycles.